The van der Waals surface area contributed by atoms with Crippen molar-refractivity contribution >= 4 is 21.9 Å². The minimum atomic E-state index is -1.12. The number of carbonyl (C=O) groups is 1. The van der Waals surface area contributed by atoms with Crippen LogP contribution in [0.3, 0.4) is 0 Å². The second kappa shape index (κ2) is 5.16. The highest BCUT2D eigenvalue weighted by molar-refractivity contribution is 9.10. The molecular formula is C13H13BrN2O4. The number of aryl methyl sites for hydroxylation is 1. The third kappa shape index (κ3) is 2.24. The maximum absolute atomic E-state index is 11.0. The van der Waals surface area contributed by atoms with Crippen molar-refractivity contribution in [1.82, 2.24) is 9.78 Å². The van der Waals surface area contributed by atoms with Gasteiger partial charge in [-0.1, -0.05) is 15.9 Å². The van der Waals surface area contributed by atoms with Gasteiger partial charge in [-0.3, -0.25) is 4.68 Å². The minimum absolute atomic E-state index is 0.0480. The number of nitrogens with zero attached hydrogens (tertiary/aromatic N) is 2. The lowest BCUT2D eigenvalue weighted by Crippen LogP contribution is -1.99. The smallest absolute Gasteiger partial charge is 0.356 e. The van der Waals surface area contributed by atoms with Crippen molar-refractivity contribution in [2.75, 3.05) is 7.11 Å². The number of carboxylic acids is 1. The first-order valence-corrected chi connectivity index (χ1v) is 6.49. The van der Waals surface area contributed by atoms with E-state index in [4.69, 9.17) is 9.84 Å². The van der Waals surface area contributed by atoms with E-state index >= 15 is 0 Å². The second-order valence-corrected chi connectivity index (χ2v) is 5.11. The first-order chi connectivity index (χ1) is 9.36. The summed E-state index contributed by atoms with van der Waals surface area (Å²) >= 11 is 3.39. The molecule has 0 unspecified atom stereocenters. The maximum Gasteiger partial charge on any atom is 0.356 e. The van der Waals surface area contributed by atoms with E-state index in [-0.39, 0.29) is 11.4 Å². The molecule has 1 heterocycles. The summed E-state index contributed by atoms with van der Waals surface area (Å²) in [6.07, 6.45) is 0. The van der Waals surface area contributed by atoms with Gasteiger partial charge >= 0.3 is 5.97 Å². The molecule has 2 aromatic rings. The zero-order chi connectivity index (χ0) is 15.0. The number of benzene rings is 1. The van der Waals surface area contributed by atoms with E-state index in [9.17, 15) is 9.90 Å². The monoisotopic (exact) mass is 340 g/mol. The molecule has 0 saturated heterocycles. The van der Waals surface area contributed by atoms with Gasteiger partial charge in [0.25, 0.3) is 0 Å². The number of hydrogen-bond acceptors (Lipinski definition) is 4. The van der Waals surface area contributed by atoms with E-state index in [2.05, 4.69) is 21.0 Å². The van der Waals surface area contributed by atoms with E-state index in [0.717, 1.165) is 10.0 Å². The number of phenolic OH excluding ortho intramolecular Hbond substituents is 1. The molecule has 106 valence electrons. The summed E-state index contributed by atoms with van der Waals surface area (Å²) in [5.41, 5.74) is 1.60. The predicted octanol–water partition coefficient (Wildman–Crippen LogP) is 2.57. The highest BCUT2D eigenvalue weighted by Gasteiger charge is 2.20. The summed E-state index contributed by atoms with van der Waals surface area (Å²) in [7, 11) is 3.08. The SMILES string of the molecule is COc1c(C)c(Br)cc(-c2cc(C(=O)O)nn2C)c1O. The number of rotatable bonds is 3. The van der Waals surface area contributed by atoms with Gasteiger partial charge < -0.3 is 14.9 Å². The lowest BCUT2D eigenvalue weighted by Gasteiger charge is -2.13. The van der Waals surface area contributed by atoms with Gasteiger partial charge in [0, 0.05) is 22.6 Å². The summed E-state index contributed by atoms with van der Waals surface area (Å²) < 4.78 is 7.34. The van der Waals surface area contributed by atoms with E-state index in [1.807, 2.05) is 0 Å². The van der Waals surface area contributed by atoms with Crippen LogP contribution in [0.4, 0.5) is 0 Å². The number of halogens is 1. The summed E-state index contributed by atoms with van der Waals surface area (Å²) in [4.78, 5) is 11.0. The highest BCUT2D eigenvalue weighted by Crippen LogP contribution is 2.43. The van der Waals surface area contributed by atoms with E-state index in [1.54, 1.807) is 20.0 Å². The normalized spacial score (nSPS) is 10.6. The van der Waals surface area contributed by atoms with Gasteiger partial charge in [0.2, 0.25) is 0 Å². The summed E-state index contributed by atoms with van der Waals surface area (Å²) in [6, 6.07) is 3.11. The third-order valence-corrected chi connectivity index (χ3v) is 3.84. The molecule has 0 fully saturated rings. The number of hydrogen-bond donors (Lipinski definition) is 2. The van der Waals surface area contributed by atoms with Crippen LogP contribution in [-0.2, 0) is 7.05 Å². The topological polar surface area (TPSA) is 84.6 Å². The molecule has 2 rings (SSSR count). The average molecular weight is 341 g/mol. The Morgan fingerprint density at radius 2 is 2.10 bits per heavy atom. The van der Waals surface area contributed by atoms with Gasteiger partial charge in [-0.25, -0.2) is 4.79 Å². The highest BCUT2D eigenvalue weighted by atomic mass is 79.9. The molecule has 0 saturated carbocycles. The molecule has 0 atom stereocenters. The lowest BCUT2D eigenvalue weighted by atomic mass is 10.1. The number of carboxylic acid groups (broad SMARTS) is 1. The molecule has 0 amide bonds. The fraction of sp³-hybridized carbons (Fsp3) is 0.231. The number of aromatic carboxylic acids is 1. The van der Waals surface area contributed by atoms with Crippen LogP contribution in [0.15, 0.2) is 16.6 Å². The zero-order valence-electron chi connectivity index (χ0n) is 11.1. The summed E-state index contributed by atoms with van der Waals surface area (Å²) in [5, 5.41) is 23.1. The number of ether oxygens (including phenoxy) is 1. The Bertz CT molecular complexity index is 694. The largest absolute Gasteiger partial charge is 0.504 e. The van der Waals surface area contributed by atoms with Crippen molar-refractivity contribution in [1.29, 1.82) is 0 Å². The van der Waals surface area contributed by atoms with Crippen LogP contribution in [0.2, 0.25) is 0 Å². The average Bonchev–Trinajstić information content (AvgIpc) is 2.77. The van der Waals surface area contributed by atoms with Crippen LogP contribution in [0.25, 0.3) is 11.3 Å². The van der Waals surface area contributed by atoms with Gasteiger partial charge in [0.05, 0.1) is 12.8 Å². The van der Waals surface area contributed by atoms with Crippen molar-refractivity contribution in [3.8, 4) is 22.8 Å². The summed E-state index contributed by atoms with van der Waals surface area (Å²) in [5.74, 6) is -0.829. The van der Waals surface area contributed by atoms with Gasteiger partial charge in [-0.15, -0.1) is 0 Å². The van der Waals surface area contributed by atoms with Crippen LogP contribution in [-0.4, -0.2) is 33.1 Å². The Balaban J connectivity index is 2.70. The molecule has 6 nitrogen and oxygen atoms in total. The molecule has 0 radical (unpaired) electrons. The Hall–Kier alpha value is -2.02. The first-order valence-electron chi connectivity index (χ1n) is 5.70. The molecule has 2 N–H and O–H groups in total. The Morgan fingerprint density at radius 3 is 2.60 bits per heavy atom. The molecule has 0 spiro atoms. The van der Waals surface area contributed by atoms with Gasteiger partial charge in [-0.05, 0) is 19.1 Å². The van der Waals surface area contributed by atoms with Crippen molar-refractivity contribution in [3.05, 3.63) is 27.9 Å². The maximum atomic E-state index is 11.0. The molecule has 0 bridgehead atoms. The van der Waals surface area contributed by atoms with Crippen LogP contribution in [0.5, 0.6) is 11.5 Å². The van der Waals surface area contributed by atoms with Gasteiger partial charge in [0.15, 0.2) is 17.2 Å². The first kappa shape index (κ1) is 14.4. The fourth-order valence-electron chi connectivity index (χ4n) is 1.98. The lowest BCUT2D eigenvalue weighted by molar-refractivity contribution is 0.0689. The third-order valence-electron chi connectivity index (χ3n) is 3.02. The molecular weight excluding hydrogens is 328 g/mol. The number of methoxy groups -OCH3 is 1. The number of aromatic nitrogens is 2. The molecule has 0 aliphatic carbocycles. The number of aromatic hydroxyl groups is 1. The fourth-order valence-corrected chi connectivity index (χ4v) is 2.39. The van der Waals surface area contributed by atoms with Crippen LogP contribution < -0.4 is 4.74 Å². The van der Waals surface area contributed by atoms with Crippen molar-refractivity contribution in [2.45, 2.75) is 6.92 Å². The molecule has 1 aromatic heterocycles. The molecule has 20 heavy (non-hydrogen) atoms. The Morgan fingerprint density at radius 1 is 1.45 bits per heavy atom. The van der Waals surface area contributed by atoms with Gasteiger partial charge in [-0.2, -0.15) is 5.10 Å². The second-order valence-electron chi connectivity index (χ2n) is 4.26. The Kier molecular flexibility index (Phi) is 3.71. The van der Waals surface area contributed by atoms with E-state index in [1.165, 1.54) is 17.9 Å². The zero-order valence-corrected chi connectivity index (χ0v) is 12.7. The number of phenols is 1. The van der Waals surface area contributed by atoms with Crippen LogP contribution in [0, 0.1) is 6.92 Å². The molecule has 0 aliphatic rings. The molecule has 1 aromatic carbocycles. The van der Waals surface area contributed by atoms with E-state index in [0.29, 0.717) is 17.0 Å². The minimum Gasteiger partial charge on any atom is -0.504 e. The van der Waals surface area contributed by atoms with Crippen LogP contribution >= 0.6 is 15.9 Å². The van der Waals surface area contributed by atoms with Crippen molar-refractivity contribution in [3.63, 3.8) is 0 Å². The van der Waals surface area contributed by atoms with Gasteiger partial charge in [0.1, 0.15) is 0 Å². The molecule has 7 heteroatoms. The van der Waals surface area contributed by atoms with E-state index < -0.39 is 5.97 Å². The Labute approximate surface area is 123 Å². The predicted molar refractivity (Wildman–Crippen MR) is 76.3 cm³/mol. The molecule has 0 aliphatic heterocycles. The quantitative estimate of drug-likeness (QED) is 0.896. The van der Waals surface area contributed by atoms with Crippen molar-refractivity contribution < 1.29 is 19.7 Å². The van der Waals surface area contributed by atoms with Crippen LogP contribution in [0.1, 0.15) is 16.1 Å². The standard InChI is InChI=1S/C13H13BrN2O4/c1-6-8(14)4-7(11(17)12(6)20-3)10-5-9(13(18)19)15-16(10)2/h4-5,17H,1-3H3,(H,18,19). The van der Waals surface area contributed by atoms with Crippen molar-refractivity contribution in [2.24, 2.45) is 7.05 Å². The summed E-state index contributed by atoms with van der Waals surface area (Å²) in [6.45, 7) is 1.80.